The van der Waals surface area contributed by atoms with Crippen molar-refractivity contribution in [3.05, 3.63) is 40.7 Å². The molecule has 1 aromatic rings. The largest absolute Gasteiger partial charge is 0.511 e. The summed E-state index contributed by atoms with van der Waals surface area (Å²) in [5.41, 5.74) is -0.196. The van der Waals surface area contributed by atoms with Gasteiger partial charge >= 0.3 is 6.18 Å². The molecule has 1 aliphatic rings. The van der Waals surface area contributed by atoms with Crippen molar-refractivity contribution in [3.63, 3.8) is 0 Å². The lowest BCUT2D eigenvalue weighted by molar-refractivity contribution is -0.137. The molecular weight excluding hydrogens is 311 g/mol. The Hall–Kier alpha value is -2.69. The van der Waals surface area contributed by atoms with E-state index in [1.54, 1.807) is 6.07 Å². The minimum absolute atomic E-state index is 0.291. The number of nitriles is 1. The number of anilines is 1. The number of aliphatic hydroxyl groups excluding tert-OH is 1. The Kier molecular flexibility index (Phi) is 4.50. The molecule has 1 aliphatic heterocycles. The van der Waals surface area contributed by atoms with Gasteiger partial charge < -0.3 is 15.7 Å². The van der Waals surface area contributed by atoms with Crippen molar-refractivity contribution in [2.75, 3.05) is 5.32 Å². The zero-order valence-electron chi connectivity index (χ0n) is 12.2. The molecule has 23 heavy (non-hydrogen) atoms. The highest BCUT2D eigenvalue weighted by Gasteiger charge is 2.32. The summed E-state index contributed by atoms with van der Waals surface area (Å²) in [7, 11) is 0. The average molecular weight is 325 g/mol. The molecule has 0 radical (unpaired) electrons. The van der Waals surface area contributed by atoms with Crippen LogP contribution in [0.2, 0.25) is 0 Å². The van der Waals surface area contributed by atoms with E-state index in [1.165, 1.54) is 13.0 Å². The zero-order valence-corrected chi connectivity index (χ0v) is 12.2. The topological polar surface area (TPSA) is 85.1 Å². The molecule has 5 nitrogen and oxygen atoms in total. The first-order chi connectivity index (χ1) is 10.7. The molecule has 0 fully saturated rings. The Bertz CT molecular complexity index is 701. The van der Waals surface area contributed by atoms with Gasteiger partial charge in [-0.25, -0.2) is 0 Å². The number of hydrogen-bond donors (Lipinski definition) is 3. The molecule has 0 aliphatic carbocycles. The molecule has 3 N–H and O–H groups in total. The number of halogens is 3. The van der Waals surface area contributed by atoms with E-state index < -0.39 is 35.1 Å². The number of alkyl halides is 3. The van der Waals surface area contributed by atoms with Gasteiger partial charge in [-0.1, -0.05) is 6.07 Å². The second kappa shape index (κ2) is 6.20. The maximum Gasteiger partial charge on any atom is 0.416 e. The first kappa shape index (κ1) is 16.7. The van der Waals surface area contributed by atoms with Crippen LogP contribution in [0.1, 0.15) is 24.5 Å². The van der Waals surface area contributed by atoms with Crippen LogP contribution in [-0.2, 0) is 17.4 Å². The molecule has 2 rings (SSSR count). The molecule has 0 saturated heterocycles. The van der Waals surface area contributed by atoms with E-state index in [4.69, 9.17) is 5.26 Å². The van der Waals surface area contributed by atoms with E-state index in [9.17, 15) is 23.1 Å². The third kappa shape index (κ3) is 3.74. The predicted molar refractivity (Wildman–Crippen MR) is 76.3 cm³/mol. The maximum atomic E-state index is 12.7. The highest BCUT2D eigenvalue weighted by atomic mass is 19.4. The van der Waals surface area contributed by atoms with E-state index >= 15 is 0 Å². The number of rotatable bonds is 2. The average Bonchev–Trinajstić information content (AvgIpc) is 2.45. The fourth-order valence-electron chi connectivity index (χ4n) is 2.30. The number of allylic oxidation sites excluding steroid dienone is 1. The third-order valence-electron chi connectivity index (χ3n) is 3.48. The van der Waals surface area contributed by atoms with Crippen LogP contribution < -0.4 is 10.6 Å². The summed E-state index contributed by atoms with van der Waals surface area (Å²) in [5, 5.41) is 23.3. The van der Waals surface area contributed by atoms with Gasteiger partial charge in [0.2, 0.25) is 0 Å². The Morgan fingerprint density at radius 1 is 1.48 bits per heavy atom. The van der Waals surface area contributed by atoms with Crippen molar-refractivity contribution in [2.24, 2.45) is 0 Å². The minimum atomic E-state index is -4.45. The van der Waals surface area contributed by atoms with Gasteiger partial charge in [0.25, 0.3) is 5.91 Å². The van der Waals surface area contributed by atoms with E-state index in [0.29, 0.717) is 18.5 Å². The summed E-state index contributed by atoms with van der Waals surface area (Å²) in [4.78, 5) is 11.9. The van der Waals surface area contributed by atoms with Gasteiger partial charge in [-0.05, 0) is 37.5 Å². The highest BCUT2D eigenvalue weighted by Crippen LogP contribution is 2.34. The van der Waals surface area contributed by atoms with E-state index in [0.717, 1.165) is 17.7 Å². The van der Waals surface area contributed by atoms with Crippen LogP contribution in [0.4, 0.5) is 18.9 Å². The molecule has 1 amide bonds. The van der Waals surface area contributed by atoms with E-state index in [1.807, 2.05) is 0 Å². The Labute approximate surface area is 130 Å². The highest BCUT2D eigenvalue weighted by molar-refractivity contribution is 5.97. The normalized spacial score (nSPS) is 18.1. The maximum absolute atomic E-state index is 12.7. The van der Waals surface area contributed by atoms with Crippen molar-refractivity contribution < 1.29 is 23.1 Å². The number of fused-ring (bicyclic) bond motifs is 1. The van der Waals surface area contributed by atoms with Gasteiger partial charge in [-0.2, -0.15) is 18.4 Å². The lowest BCUT2D eigenvalue weighted by atomic mass is 9.99. The third-order valence-corrected chi connectivity index (χ3v) is 3.48. The Balaban J connectivity index is 2.16. The van der Waals surface area contributed by atoms with E-state index in [2.05, 4.69) is 10.6 Å². The first-order valence-electron chi connectivity index (χ1n) is 6.80. The van der Waals surface area contributed by atoms with Crippen LogP contribution in [-0.4, -0.2) is 17.2 Å². The molecule has 0 spiro atoms. The number of benzene rings is 1. The number of nitrogens with zero attached hydrogens (tertiary/aromatic N) is 1. The fourth-order valence-corrected chi connectivity index (χ4v) is 2.30. The SMILES string of the molecule is CC(O)=C(C#N)C(=O)NC1CCc2ccc(C(F)(F)F)cc2N1. The minimum Gasteiger partial charge on any atom is -0.511 e. The van der Waals surface area contributed by atoms with Crippen LogP contribution in [0.3, 0.4) is 0 Å². The number of nitrogens with one attached hydrogen (secondary N) is 2. The summed E-state index contributed by atoms with van der Waals surface area (Å²) in [6.45, 7) is 1.21. The van der Waals surface area contributed by atoms with Gasteiger partial charge in [0.15, 0.2) is 5.57 Å². The van der Waals surface area contributed by atoms with Gasteiger partial charge in [-0.3, -0.25) is 4.79 Å². The van der Waals surface area contributed by atoms with Crippen LogP contribution in [0, 0.1) is 11.3 Å². The van der Waals surface area contributed by atoms with Crippen LogP contribution in [0.5, 0.6) is 0 Å². The molecule has 8 heteroatoms. The Morgan fingerprint density at radius 2 is 2.17 bits per heavy atom. The second-order valence-electron chi connectivity index (χ2n) is 5.15. The molecule has 122 valence electrons. The second-order valence-corrected chi connectivity index (χ2v) is 5.15. The van der Waals surface area contributed by atoms with E-state index in [-0.39, 0.29) is 0 Å². The zero-order chi connectivity index (χ0) is 17.2. The van der Waals surface area contributed by atoms with Crippen LogP contribution in [0.25, 0.3) is 0 Å². The lowest BCUT2D eigenvalue weighted by Crippen LogP contribution is -2.43. The first-order valence-corrected chi connectivity index (χ1v) is 6.80. The summed E-state index contributed by atoms with van der Waals surface area (Å²) in [5.74, 6) is -1.19. The standard InChI is InChI=1S/C15H14F3N3O2/c1-8(22)11(7-19)14(23)21-13-5-3-9-2-4-10(15(16,17)18)6-12(9)20-13/h2,4,6,13,20,22H,3,5H2,1H3,(H,21,23). The Morgan fingerprint density at radius 3 is 2.74 bits per heavy atom. The van der Waals surface area contributed by atoms with Crippen molar-refractivity contribution in [3.8, 4) is 6.07 Å². The van der Waals surface area contributed by atoms with Gasteiger partial charge in [0.05, 0.1) is 11.7 Å². The number of carbonyl (C=O) groups excluding carboxylic acids is 1. The molecule has 0 bridgehead atoms. The molecular formula is C15H14F3N3O2. The van der Waals surface area contributed by atoms with Gasteiger partial charge in [0.1, 0.15) is 11.8 Å². The van der Waals surface area contributed by atoms with Crippen molar-refractivity contribution in [1.29, 1.82) is 5.26 Å². The van der Waals surface area contributed by atoms with Crippen molar-refractivity contribution >= 4 is 11.6 Å². The summed E-state index contributed by atoms with van der Waals surface area (Å²) < 4.78 is 38.2. The molecule has 1 unspecified atom stereocenters. The number of aliphatic hydroxyl groups is 1. The number of amides is 1. The quantitative estimate of drug-likeness (QED) is 0.443. The number of hydrogen-bond acceptors (Lipinski definition) is 4. The molecule has 0 aromatic heterocycles. The predicted octanol–water partition coefficient (Wildman–Crippen LogP) is 2.86. The smallest absolute Gasteiger partial charge is 0.416 e. The van der Waals surface area contributed by atoms with Crippen molar-refractivity contribution in [1.82, 2.24) is 5.32 Å². The molecule has 0 saturated carbocycles. The summed E-state index contributed by atoms with van der Waals surface area (Å²) in [6, 6.07) is 5.00. The lowest BCUT2D eigenvalue weighted by Gasteiger charge is -2.28. The van der Waals surface area contributed by atoms with Gasteiger partial charge in [-0.15, -0.1) is 0 Å². The number of carbonyl (C=O) groups is 1. The summed E-state index contributed by atoms with van der Waals surface area (Å²) >= 11 is 0. The van der Waals surface area contributed by atoms with Crippen molar-refractivity contribution in [2.45, 2.75) is 32.1 Å². The fraction of sp³-hybridized carbons (Fsp3) is 0.333. The monoisotopic (exact) mass is 325 g/mol. The van der Waals surface area contributed by atoms with Crippen LogP contribution in [0.15, 0.2) is 29.5 Å². The molecule has 1 atom stereocenters. The molecule has 1 heterocycles. The number of aryl methyl sites for hydroxylation is 1. The van der Waals surface area contributed by atoms with Crippen LogP contribution >= 0.6 is 0 Å². The van der Waals surface area contributed by atoms with Gasteiger partial charge in [0, 0.05) is 5.69 Å². The molecule has 1 aromatic carbocycles. The summed E-state index contributed by atoms with van der Waals surface area (Å²) in [6.07, 6.45) is -4.14.